The van der Waals surface area contributed by atoms with Crippen LogP contribution in [-0.4, -0.2) is 63.5 Å². The number of hydrogen-bond acceptors (Lipinski definition) is 7. The number of ether oxygens (including phenoxy) is 4. The zero-order chi connectivity index (χ0) is 30.3. The maximum atomic E-state index is 12.4. The highest BCUT2D eigenvalue weighted by Crippen LogP contribution is 2.39. The van der Waals surface area contributed by atoms with Crippen molar-refractivity contribution < 1.29 is 28.8 Å². The first-order valence-corrected chi connectivity index (χ1v) is 14.5. The molecule has 42 heavy (non-hydrogen) atoms. The number of nitrogens with zero attached hydrogens (tertiary/aromatic N) is 1. The summed E-state index contributed by atoms with van der Waals surface area (Å²) in [6, 6.07) is 18.6. The molecule has 0 bridgehead atoms. The Labute approximate surface area is 257 Å². The Morgan fingerprint density at radius 2 is 1.60 bits per heavy atom. The van der Waals surface area contributed by atoms with Gasteiger partial charge in [-0.2, -0.15) is 0 Å². The van der Waals surface area contributed by atoms with E-state index in [-0.39, 0.29) is 13.2 Å². The van der Waals surface area contributed by atoms with Crippen molar-refractivity contribution in [3.8, 4) is 17.2 Å². The van der Waals surface area contributed by atoms with Gasteiger partial charge < -0.3 is 34.7 Å². The summed E-state index contributed by atoms with van der Waals surface area (Å²) < 4.78 is 22.6. The Hall–Kier alpha value is -3.01. The van der Waals surface area contributed by atoms with Gasteiger partial charge in [0.1, 0.15) is 0 Å². The lowest BCUT2D eigenvalue weighted by atomic mass is 9.72. The Kier molecular flexibility index (Phi) is 10.6. The van der Waals surface area contributed by atoms with Crippen molar-refractivity contribution in [3.63, 3.8) is 0 Å². The van der Waals surface area contributed by atoms with Gasteiger partial charge in [-0.1, -0.05) is 59.6 Å². The number of nitrogens with two attached hydrogens (primary N) is 1. The van der Waals surface area contributed by atoms with Gasteiger partial charge in [-0.05, 0) is 73.3 Å². The summed E-state index contributed by atoms with van der Waals surface area (Å²) >= 11 is 12.6. The minimum atomic E-state index is -0.884. The number of halogens is 2. The molecule has 1 heterocycles. The van der Waals surface area contributed by atoms with Crippen LogP contribution in [0.3, 0.4) is 0 Å². The summed E-state index contributed by atoms with van der Waals surface area (Å²) in [5.74, 6) is 0.805. The molecule has 8 nitrogen and oxygen atoms in total. The largest absolute Gasteiger partial charge is 0.493 e. The predicted molar refractivity (Wildman–Crippen MR) is 164 cm³/mol. The number of rotatable bonds is 13. The quantitative estimate of drug-likeness (QED) is 0.245. The summed E-state index contributed by atoms with van der Waals surface area (Å²) in [7, 11) is 4.69. The number of likely N-dealkylation sites (tertiary alicyclic amines) is 1. The Bertz CT molecular complexity index is 1340. The smallest absolute Gasteiger partial charge is 0.314 e. The minimum absolute atomic E-state index is 0.207. The van der Waals surface area contributed by atoms with Crippen LogP contribution in [0.15, 0.2) is 60.7 Å². The lowest BCUT2D eigenvalue weighted by molar-refractivity contribution is -0.146. The molecule has 1 aliphatic rings. The summed E-state index contributed by atoms with van der Waals surface area (Å²) in [6.45, 7) is 2.42. The first-order chi connectivity index (χ1) is 20.2. The van der Waals surface area contributed by atoms with Gasteiger partial charge in [-0.25, -0.2) is 0 Å². The highest BCUT2D eigenvalue weighted by Gasteiger charge is 2.43. The fourth-order valence-electron chi connectivity index (χ4n) is 5.57. The van der Waals surface area contributed by atoms with E-state index in [1.54, 1.807) is 33.5 Å². The van der Waals surface area contributed by atoms with Crippen LogP contribution in [0.1, 0.15) is 36.0 Å². The number of methoxy groups -OCH3 is 3. The summed E-state index contributed by atoms with van der Waals surface area (Å²) in [5, 5.41) is 11.0. The fraction of sp³-hybridized carbons (Fsp3) is 0.406. The second-order valence-corrected chi connectivity index (χ2v) is 11.5. The summed E-state index contributed by atoms with van der Waals surface area (Å²) in [5.41, 5.74) is 7.78. The first kappa shape index (κ1) is 31.9. The molecule has 226 valence electrons. The molecule has 1 saturated heterocycles. The second-order valence-electron chi connectivity index (χ2n) is 10.7. The summed E-state index contributed by atoms with van der Waals surface area (Å²) in [6.07, 6.45) is 1.61. The van der Waals surface area contributed by atoms with Crippen molar-refractivity contribution in [2.75, 3.05) is 47.6 Å². The Morgan fingerprint density at radius 3 is 2.14 bits per heavy atom. The van der Waals surface area contributed by atoms with Crippen LogP contribution in [-0.2, 0) is 27.1 Å². The Morgan fingerprint density at radius 1 is 0.952 bits per heavy atom. The molecule has 3 N–H and O–H groups in total. The minimum Gasteiger partial charge on any atom is -0.493 e. The van der Waals surface area contributed by atoms with Gasteiger partial charge >= 0.3 is 5.97 Å². The molecule has 4 rings (SSSR count). The van der Waals surface area contributed by atoms with E-state index in [9.17, 15) is 9.90 Å². The van der Waals surface area contributed by atoms with E-state index in [1.165, 1.54) is 0 Å². The van der Waals surface area contributed by atoms with Crippen LogP contribution in [0.5, 0.6) is 17.2 Å². The number of hydrogen-bond donors (Lipinski definition) is 2. The van der Waals surface area contributed by atoms with Gasteiger partial charge in [0.15, 0.2) is 11.5 Å². The normalized spacial score (nSPS) is 16.4. The molecule has 3 aromatic carbocycles. The average molecular weight is 618 g/mol. The van der Waals surface area contributed by atoms with E-state index in [2.05, 4.69) is 4.90 Å². The lowest BCUT2D eigenvalue weighted by Gasteiger charge is -2.40. The average Bonchev–Trinajstić information content (AvgIpc) is 3.01. The van der Waals surface area contributed by atoms with Crippen molar-refractivity contribution in [2.24, 2.45) is 5.73 Å². The molecule has 1 fully saturated rings. The van der Waals surface area contributed by atoms with Crippen LogP contribution >= 0.6 is 23.2 Å². The number of benzene rings is 3. The third-order valence-electron chi connectivity index (χ3n) is 8.17. The molecule has 0 radical (unpaired) electrons. The molecule has 3 aromatic rings. The van der Waals surface area contributed by atoms with Gasteiger partial charge in [-0.3, -0.25) is 4.79 Å². The standard InChI is InChI=1S/C32H38Cl2N2O6/c1-39-27-17-22(18-28(40-2)29(27)41-3)20-42-21-32(35,24-9-10-25(33)26(34)19-24)13-16-36-14-11-31(12-15-36,30(37)38)23-7-5-4-6-8-23/h4-10,17-19H,11-16,20-21,35H2,1-3H3,(H,37,38). The lowest BCUT2D eigenvalue weighted by Crippen LogP contribution is -2.49. The van der Waals surface area contributed by atoms with Crippen LogP contribution in [0.4, 0.5) is 0 Å². The SMILES string of the molecule is COc1cc(COCC(N)(CCN2CCC(C(=O)O)(c3ccccc3)CC2)c2ccc(Cl)c(Cl)c2)cc(OC)c1OC. The molecule has 1 atom stereocenters. The molecule has 1 aliphatic heterocycles. The third kappa shape index (κ3) is 6.96. The van der Waals surface area contributed by atoms with E-state index >= 15 is 0 Å². The number of aliphatic carboxylic acids is 1. The Balaban J connectivity index is 1.47. The van der Waals surface area contributed by atoms with Crippen LogP contribution in [0, 0.1) is 0 Å². The van der Waals surface area contributed by atoms with Crippen LogP contribution in [0.25, 0.3) is 0 Å². The van der Waals surface area contributed by atoms with Crippen molar-refractivity contribution in [1.82, 2.24) is 4.90 Å². The predicted octanol–water partition coefficient (Wildman–Crippen LogP) is 5.90. The van der Waals surface area contributed by atoms with E-state index in [1.807, 2.05) is 48.5 Å². The topological polar surface area (TPSA) is 103 Å². The molecule has 0 aliphatic carbocycles. The summed E-state index contributed by atoms with van der Waals surface area (Å²) in [4.78, 5) is 14.7. The van der Waals surface area contributed by atoms with Crippen LogP contribution in [0.2, 0.25) is 10.0 Å². The van der Waals surface area contributed by atoms with Gasteiger partial charge in [0, 0.05) is 6.54 Å². The number of carbonyl (C=O) groups is 1. The highest BCUT2D eigenvalue weighted by molar-refractivity contribution is 6.42. The number of carboxylic acids is 1. The number of piperidine rings is 1. The molecule has 0 amide bonds. The van der Waals surface area contributed by atoms with Gasteiger partial charge in [0.25, 0.3) is 0 Å². The molecular weight excluding hydrogens is 579 g/mol. The van der Waals surface area contributed by atoms with E-state index in [4.69, 9.17) is 47.9 Å². The molecule has 10 heteroatoms. The molecule has 1 unspecified atom stereocenters. The van der Waals surface area contributed by atoms with Gasteiger partial charge in [0.2, 0.25) is 5.75 Å². The third-order valence-corrected chi connectivity index (χ3v) is 8.91. The van der Waals surface area contributed by atoms with Crippen LogP contribution < -0.4 is 19.9 Å². The number of carboxylic acid groups (broad SMARTS) is 1. The van der Waals surface area contributed by atoms with E-state index in [0.717, 1.165) is 16.7 Å². The second kappa shape index (κ2) is 14.0. The zero-order valence-electron chi connectivity index (χ0n) is 24.2. The molecule has 0 saturated carbocycles. The van der Waals surface area contributed by atoms with E-state index in [0.29, 0.717) is 66.2 Å². The maximum Gasteiger partial charge on any atom is 0.314 e. The van der Waals surface area contributed by atoms with Crippen molar-refractivity contribution >= 4 is 29.2 Å². The molecular formula is C32H38Cl2N2O6. The van der Waals surface area contributed by atoms with Crippen molar-refractivity contribution in [3.05, 3.63) is 87.4 Å². The zero-order valence-corrected chi connectivity index (χ0v) is 25.7. The van der Waals surface area contributed by atoms with E-state index < -0.39 is 16.9 Å². The van der Waals surface area contributed by atoms with Gasteiger partial charge in [-0.15, -0.1) is 0 Å². The van der Waals surface area contributed by atoms with Gasteiger partial charge in [0.05, 0.1) is 55.5 Å². The highest BCUT2D eigenvalue weighted by atomic mass is 35.5. The molecule has 0 aromatic heterocycles. The maximum absolute atomic E-state index is 12.4. The molecule has 0 spiro atoms. The first-order valence-electron chi connectivity index (χ1n) is 13.8. The van der Waals surface area contributed by atoms with Crippen molar-refractivity contribution in [2.45, 2.75) is 36.8 Å². The fourth-order valence-corrected chi connectivity index (χ4v) is 5.87. The monoisotopic (exact) mass is 616 g/mol. The van der Waals surface area contributed by atoms with Crippen molar-refractivity contribution in [1.29, 1.82) is 0 Å².